The summed E-state index contributed by atoms with van der Waals surface area (Å²) >= 11 is 0. The van der Waals surface area contributed by atoms with Crippen LogP contribution in [0.2, 0.25) is 0 Å². The molecule has 0 aromatic carbocycles. The molecule has 0 unspecified atom stereocenters. The van der Waals surface area contributed by atoms with Crippen LogP contribution in [0.25, 0.3) is 0 Å². The standard InChI is InChI=1S/C12H17BN2O3/c1-11(2)12(3,4)18-13(17-11)9-5-8(7-16)10(14)15-6-9/h5-7H,1-4H3,(H2,14,15). The highest BCUT2D eigenvalue weighted by Crippen LogP contribution is 2.36. The lowest BCUT2D eigenvalue weighted by Crippen LogP contribution is -2.41. The van der Waals surface area contributed by atoms with Crippen molar-refractivity contribution in [2.75, 3.05) is 5.73 Å². The molecule has 2 rings (SSSR count). The maximum absolute atomic E-state index is 10.8. The molecule has 0 radical (unpaired) electrons. The Labute approximate surface area is 107 Å². The molecule has 2 heterocycles. The van der Waals surface area contributed by atoms with Gasteiger partial charge in [0.1, 0.15) is 5.82 Å². The molecule has 1 aromatic rings. The van der Waals surface area contributed by atoms with Crippen LogP contribution in [0.3, 0.4) is 0 Å². The Balaban J connectivity index is 2.32. The highest BCUT2D eigenvalue weighted by Gasteiger charge is 2.51. The lowest BCUT2D eigenvalue weighted by molar-refractivity contribution is 0.00578. The molecule has 6 heteroatoms. The Morgan fingerprint density at radius 3 is 2.33 bits per heavy atom. The lowest BCUT2D eigenvalue weighted by atomic mass is 9.80. The fourth-order valence-electron chi connectivity index (χ4n) is 1.71. The summed E-state index contributed by atoms with van der Waals surface area (Å²) in [7, 11) is -0.526. The minimum Gasteiger partial charge on any atom is -0.399 e. The van der Waals surface area contributed by atoms with Gasteiger partial charge in [-0.3, -0.25) is 4.79 Å². The number of nitrogens with two attached hydrogens (primary N) is 1. The Kier molecular flexibility index (Phi) is 2.95. The van der Waals surface area contributed by atoms with Gasteiger partial charge < -0.3 is 15.0 Å². The van der Waals surface area contributed by atoms with Crippen molar-refractivity contribution in [2.45, 2.75) is 38.9 Å². The summed E-state index contributed by atoms with van der Waals surface area (Å²) in [6.45, 7) is 7.88. The van der Waals surface area contributed by atoms with Crippen LogP contribution in [0.4, 0.5) is 5.82 Å². The van der Waals surface area contributed by atoms with Crippen LogP contribution in [0, 0.1) is 0 Å². The Morgan fingerprint density at radius 2 is 1.83 bits per heavy atom. The highest BCUT2D eigenvalue weighted by molar-refractivity contribution is 6.62. The molecule has 0 bridgehead atoms. The van der Waals surface area contributed by atoms with E-state index in [4.69, 9.17) is 15.0 Å². The second-order valence-electron chi connectivity index (χ2n) is 5.45. The molecule has 0 atom stereocenters. The molecule has 0 saturated carbocycles. The van der Waals surface area contributed by atoms with Crippen molar-refractivity contribution in [3.05, 3.63) is 17.8 Å². The van der Waals surface area contributed by atoms with Gasteiger partial charge in [0.15, 0.2) is 6.29 Å². The van der Waals surface area contributed by atoms with Gasteiger partial charge in [0, 0.05) is 11.7 Å². The predicted octanol–water partition coefficient (Wildman–Crippen LogP) is 0.775. The Bertz CT molecular complexity index is 472. The SMILES string of the molecule is CC1(C)OB(c2cnc(N)c(C=O)c2)OC1(C)C. The van der Waals surface area contributed by atoms with Crippen molar-refractivity contribution in [3.8, 4) is 0 Å². The van der Waals surface area contributed by atoms with E-state index in [-0.39, 0.29) is 5.82 Å². The first kappa shape index (κ1) is 13.0. The number of carbonyl (C=O) groups is 1. The Morgan fingerprint density at radius 1 is 1.28 bits per heavy atom. The van der Waals surface area contributed by atoms with E-state index in [2.05, 4.69) is 4.98 Å². The number of hydrogen-bond acceptors (Lipinski definition) is 5. The molecule has 1 saturated heterocycles. The number of pyridine rings is 1. The summed E-state index contributed by atoms with van der Waals surface area (Å²) in [5.74, 6) is 0.213. The third-order valence-corrected chi connectivity index (χ3v) is 3.62. The fourth-order valence-corrected chi connectivity index (χ4v) is 1.71. The summed E-state index contributed by atoms with van der Waals surface area (Å²) in [4.78, 5) is 14.8. The molecule has 2 N–H and O–H groups in total. The topological polar surface area (TPSA) is 74.4 Å². The van der Waals surface area contributed by atoms with Gasteiger partial charge >= 0.3 is 7.12 Å². The van der Waals surface area contributed by atoms with E-state index >= 15 is 0 Å². The van der Waals surface area contributed by atoms with Crippen LogP contribution >= 0.6 is 0 Å². The van der Waals surface area contributed by atoms with E-state index in [1.807, 2.05) is 27.7 Å². The van der Waals surface area contributed by atoms with Crippen molar-refractivity contribution in [2.24, 2.45) is 0 Å². The molecule has 0 aliphatic carbocycles. The molecule has 0 spiro atoms. The van der Waals surface area contributed by atoms with Crippen LogP contribution in [0.1, 0.15) is 38.1 Å². The van der Waals surface area contributed by atoms with Gasteiger partial charge in [-0.25, -0.2) is 4.98 Å². The van der Waals surface area contributed by atoms with E-state index in [9.17, 15) is 4.79 Å². The van der Waals surface area contributed by atoms with Gasteiger partial charge in [-0.05, 0) is 33.8 Å². The molecule has 1 aliphatic heterocycles. The van der Waals surface area contributed by atoms with E-state index in [1.165, 1.54) is 0 Å². The smallest absolute Gasteiger partial charge is 0.399 e. The number of nitrogen functional groups attached to an aromatic ring is 1. The maximum atomic E-state index is 10.8. The van der Waals surface area contributed by atoms with Gasteiger partial charge in [-0.15, -0.1) is 0 Å². The van der Waals surface area contributed by atoms with Crippen molar-refractivity contribution in [1.82, 2.24) is 4.98 Å². The first-order valence-corrected chi connectivity index (χ1v) is 5.83. The molecular formula is C12H17BN2O3. The maximum Gasteiger partial charge on any atom is 0.496 e. The molecule has 1 aromatic heterocycles. The Hall–Kier alpha value is -1.40. The number of rotatable bonds is 2. The number of carbonyl (C=O) groups excluding carboxylic acids is 1. The lowest BCUT2D eigenvalue weighted by Gasteiger charge is -2.32. The van der Waals surface area contributed by atoms with Gasteiger partial charge in [-0.2, -0.15) is 0 Å². The molecular weight excluding hydrogens is 231 g/mol. The second-order valence-corrected chi connectivity index (χ2v) is 5.45. The highest BCUT2D eigenvalue weighted by atomic mass is 16.7. The first-order valence-electron chi connectivity index (χ1n) is 5.83. The first-order chi connectivity index (χ1) is 8.27. The fraction of sp³-hybridized carbons (Fsp3) is 0.500. The zero-order chi connectivity index (χ0) is 13.6. The van der Waals surface area contributed by atoms with E-state index in [1.54, 1.807) is 12.3 Å². The van der Waals surface area contributed by atoms with E-state index < -0.39 is 18.3 Å². The normalized spacial score (nSPS) is 21.0. The monoisotopic (exact) mass is 248 g/mol. The zero-order valence-corrected chi connectivity index (χ0v) is 11.1. The number of aldehydes is 1. The van der Waals surface area contributed by atoms with Crippen LogP contribution in [-0.4, -0.2) is 29.6 Å². The van der Waals surface area contributed by atoms with Crippen molar-refractivity contribution in [3.63, 3.8) is 0 Å². The van der Waals surface area contributed by atoms with E-state index in [0.29, 0.717) is 17.3 Å². The third-order valence-electron chi connectivity index (χ3n) is 3.62. The minimum absolute atomic E-state index is 0.213. The molecule has 1 aliphatic rings. The van der Waals surface area contributed by atoms with Crippen molar-refractivity contribution < 1.29 is 14.1 Å². The summed E-state index contributed by atoms with van der Waals surface area (Å²) in [5.41, 5.74) is 5.80. The summed E-state index contributed by atoms with van der Waals surface area (Å²) in [6, 6.07) is 1.65. The van der Waals surface area contributed by atoms with Gasteiger partial charge in [0.25, 0.3) is 0 Å². The molecule has 5 nitrogen and oxygen atoms in total. The van der Waals surface area contributed by atoms with Gasteiger partial charge in [0.2, 0.25) is 0 Å². The van der Waals surface area contributed by atoms with Crippen molar-refractivity contribution in [1.29, 1.82) is 0 Å². The summed E-state index contributed by atoms with van der Waals surface area (Å²) < 4.78 is 11.7. The number of aromatic nitrogens is 1. The molecule has 96 valence electrons. The van der Waals surface area contributed by atoms with Crippen molar-refractivity contribution >= 4 is 24.7 Å². The van der Waals surface area contributed by atoms with Gasteiger partial charge in [0.05, 0.1) is 16.8 Å². The molecule has 18 heavy (non-hydrogen) atoms. The molecule has 0 amide bonds. The van der Waals surface area contributed by atoms with Gasteiger partial charge in [-0.1, -0.05) is 0 Å². The van der Waals surface area contributed by atoms with Crippen LogP contribution in [0.5, 0.6) is 0 Å². The predicted molar refractivity (Wildman–Crippen MR) is 69.8 cm³/mol. The minimum atomic E-state index is -0.526. The second kappa shape index (κ2) is 4.07. The summed E-state index contributed by atoms with van der Waals surface area (Å²) in [6.07, 6.45) is 2.25. The van der Waals surface area contributed by atoms with Crippen LogP contribution in [0.15, 0.2) is 12.3 Å². The van der Waals surface area contributed by atoms with Crippen LogP contribution < -0.4 is 11.2 Å². The average molecular weight is 248 g/mol. The summed E-state index contributed by atoms with van der Waals surface area (Å²) in [5, 5.41) is 0. The number of anilines is 1. The number of nitrogens with zero attached hydrogens (tertiary/aromatic N) is 1. The zero-order valence-electron chi connectivity index (χ0n) is 11.1. The largest absolute Gasteiger partial charge is 0.496 e. The molecule has 1 fully saturated rings. The third kappa shape index (κ3) is 2.02. The number of hydrogen-bond donors (Lipinski definition) is 1. The van der Waals surface area contributed by atoms with E-state index in [0.717, 1.165) is 0 Å². The quantitative estimate of drug-likeness (QED) is 0.618. The average Bonchev–Trinajstić information content (AvgIpc) is 2.49. The van der Waals surface area contributed by atoms with Crippen LogP contribution in [-0.2, 0) is 9.31 Å².